The third-order valence-electron chi connectivity index (χ3n) is 3.53. The van der Waals surface area contributed by atoms with Gasteiger partial charge in [-0.15, -0.1) is 0 Å². The maximum atomic E-state index is 12.1. The zero-order valence-corrected chi connectivity index (χ0v) is 11.1. The number of nitriles is 1. The van der Waals surface area contributed by atoms with Gasteiger partial charge in [0.1, 0.15) is 0 Å². The molecule has 1 amide bonds. The smallest absolute Gasteiger partial charge is 0.237 e. The van der Waals surface area contributed by atoms with Crippen molar-refractivity contribution in [3.8, 4) is 6.07 Å². The molecule has 4 nitrogen and oxygen atoms in total. The first-order chi connectivity index (χ1) is 9.20. The second-order valence-electron chi connectivity index (χ2n) is 4.97. The van der Waals surface area contributed by atoms with Crippen molar-refractivity contribution in [3.05, 3.63) is 35.4 Å². The maximum absolute atomic E-state index is 12.1. The van der Waals surface area contributed by atoms with Crippen LogP contribution in [0.5, 0.6) is 0 Å². The number of carbonyl (C=O) groups is 1. The summed E-state index contributed by atoms with van der Waals surface area (Å²) in [6, 6.07) is 9.31. The van der Waals surface area contributed by atoms with E-state index in [1.54, 1.807) is 12.1 Å². The van der Waals surface area contributed by atoms with E-state index in [0.717, 1.165) is 31.4 Å². The average Bonchev–Trinajstić information content (AvgIpc) is 2.48. The van der Waals surface area contributed by atoms with Crippen molar-refractivity contribution >= 4 is 5.91 Å². The van der Waals surface area contributed by atoms with Crippen molar-refractivity contribution < 1.29 is 4.79 Å². The number of piperidine rings is 1. The van der Waals surface area contributed by atoms with Crippen LogP contribution in [0.1, 0.15) is 43.4 Å². The van der Waals surface area contributed by atoms with Crippen LogP contribution in [0.2, 0.25) is 0 Å². The minimum Gasteiger partial charge on any atom is -0.348 e. The third-order valence-corrected chi connectivity index (χ3v) is 3.53. The quantitative estimate of drug-likeness (QED) is 0.869. The largest absolute Gasteiger partial charge is 0.348 e. The summed E-state index contributed by atoms with van der Waals surface area (Å²) in [5.74, 6) is 0.0663. The average molecular weight is 257 g/mol. The van der Waals surface area contributed by atoms with Crippen molar-refractivity contribution in [3.63, 3.8) is 0 Å². The van der Waals surface area contributed by atoms with E-state index in [2.05, 4.69) is 16.7 Å². The van der Waals surface area contributed by atoms with Gasteiger partial charge in [-0.2, -0.15) is 5.26 Å². The molecular formula is C15H19N3O. The number of nitrogens with one attached hydrogen (secondary N) is 2. The molecule has 4 heteroatoms. The number of rotatable bonds is 3. The Balaban J connectivity index is 1.93. The summed E-state index contributed by atoms with van der Waals surface area (Å²) in [6.45, 7) is 2.88. The third kappa shape index (κ3) is 3.55. The Bertz CT molecular complexity index is 469. The van der Waals surface area contributed by atoms with Crippen molar-refractivity contribution in [2.75, 3.05) is 6.54 Å². The van der Waals surface area contributed by atoms with Gasteiger partial charge in [-0.3, -0.25) is 4.79 Å². The van der Waals surface area contributed by atoms with Crippen LogP contribution in [-0.4, -0.2) is 18.5 Å². The van der Waals surface area contributed by atoms with Crippen LogP contribution in [0, 0.1) is 11.3 Å². The van der Waals surface area contributed by atoms with Crippen LogP contribution in [0.4, 0.5) is 0 Å². The van der Waals surface area contributed by atoms with Gasteiger partial charge in [0.05, 0.1) is 23.7 Å². The van der Waals surface area contributed by atoms with Gasteiger partial charge in [-0.1, -0.05) is 18.6 Å². The minimum atomic E-state index is -0.0606. The van der Waals surface area contributed by atoms with E-state index in [9.17, 15) is 4.79 Å². The molecule has 2 rings (SSSR count). The Kier molecular flexibility index (Phi) is 4.53. The van der Waals surface area contributed by atoms with E-state index in [-0.39, 0.29) is 18.0 Å². The molecule has 0 aromatic heterocycles. The van der Waals surface area contributed by atoms with Gasteiger partial charge in [0, 0.05) is 0 Å². The van der Waals surface area contributed by atoms with Gasteiger partial charge >= 0.3 is 0 Å². The predicted octanol–water partition coefficient (Wildman–Crippen LogP) is 1.88. The normalized spacial score (nSPS) is 20.3. The lowest BCUT2D eigenvalue weighted by Crippen LogP contribution is -2.47. The highest BCUT2D eigenvalue weighted by Crippen LogP contribution is 2.14. The molecule has 1 aromatic carbocycles. The molecule has 1 heterocycles. The topological polar surface area (TPSA) is 64.9 Å². The second-order valence-corrected chi connectivity index (χ2v) is 4.97. The Morgan fingerprint density at radius 3 is 2.74 bits per heavy atom. The zero-order chi connectivity index (χ0) is 13.7. The Morgan fingerprint density at radius 2 is 2.16 bits per heavy atom. The maximum Gasteiger partial charge on any atom is 0.237 e. The number of hydrogen-bond acceptors (Lipinski definition) is 3. The second kappa shape index (κ2) is 6.35. The fourth-order valence-electron chi connectivity index (χ4n) is 2.32. The molecule has 2 atom stereocenters. The van der Waals surface area contributed by atoms with E-state index in [0.29, 0.717) is 5.56 Å². The van der Waals surface area contributed by atoms with E-state index < -0.39 is 0 Å². The molecule has 2 unspecified atom stereocenters. The molecule has 2 N–H and O–H groups in total. The molecule has 1 aliphatic rings. The van der Waals surface area contributed by atoms with Crippen LogP contribution < -0.4 is 10.6 Å². The summed E-state index contributed by atoms with van der Waals surface area (Å²) < 4.78 is 0. The van der Waals surface area contributed by atoms with Crippen LogP contribution in [-0.2, 0) is 4.79 Å². The summed E-state index contributed by atoms with van der Waals surface area (Å²) in [6.07, 6.45) is 3.16. The molecule has 0 saturated carbocycles. The molecule has 1 saturated heterocycles. The highest BCUT2D eigenvalue weighted by Gasteiger charge is 2.21. The molecule has 0 aliphatic carbocycles. The minimum absolute atomic E-state index is 0.0380. The molecule has 0 bridgehead atoms. The number of amides is 1. The molecule has 100 valence electrons. The molecule has 1 fully saturated rings. The van der Waals surface area contributed by atoms with Gasteiger partial charge < -0.3 is 10.6 Å². The van der Waals surface area contributed by atoms with Crippen LogP contribution in [0.15, 0.2) is 24.3 Å². The van der Waals surface area contributed by atoms with Crippen molar-refractivity contribution in [1.82, 2.24) is 10.6 Å². The van der Waals surface area contributed by atoms with E-state index in [1.807, 2.05) is 19.1 Å². The van der Waals surface area contributed by atoms with Crippen LogP contribution in [0.25, 0.3) is 0 Å². The predicted molar refractivity (Wildman–Crippen MR) is 73.4 cm³/mol. The Labute approximate surface area is 113 Å². The lowest BCUT2D eigenvalue weighted by molar-refractivity contribution is -0.124. The number of carbonyl (C=O) groups excluding carboxylic acids is 1. The Morgan fingerprint density at radius 1 is 1.42 bits per heavy atom. The van der Waals surface area contributed by atoms with Crippen molar-refractivity contribution in [2.24, 2.45) is 0 Å². The first-order valence-corrected chi connectivity index (χ1v) is 6.74. The fraction of sp³-hybridized carbons (Fsp3) is 0.467. The molecule has 1 aliphatic heterocycles. The SMILES string of the molecule is CC(NC(=O)C1CCCCN1)c1ccc(C#N)cc1. The van der Waals surface area contributed by atoms with Crippen LogP contribution in [0.3, 0.4) is 0 Å². The molecular weight excluding hydrogens is 238 g/mol. The zero-order valence-electron chi connectivity index (χ0n) is 11.1. The van der Waals surface area contributed by atoms with E-state index >= 15 is 0 Å². The Hall–Kier alpha value is -1.86. The van der Waals surface area contributed by atoms with Gasteiger partial charge in [-0.05, 0) is 44.0 Å². The summed E-state index contributed by atoms with van der Waals surface area (Å²) in [5.41, 5.74) is 1.65. The number of benzene rings is 1. The lowest BCUT2D eigenvalue weighted by Gasteiger charge is -2.24. The first-order valence-electron chi connectivity index (χ1n) is 6.74. The molecule has 0 radical (unpaired) electrons. The van der Waals surface area contributed by atoms with Crippen molar-refractivity contribution in [1.29, 1.82) is 5.26 Å². The molecule has 19 heavy (non-hydrogen) atoms. The lowest BCUT2D eigenvalue weighted by atomic mass is 10.0. The van der Waals surface area contributed by atoms with Gasteiger partial charge in [0.15, 0.2) is 0 Å². The number of hydrogen-bond donors (Lipinski definition) is 2. The monoisotopic (exact) mass is 257 g/mol. The highest BCUT2D eigenvalue weighted by molar-refractivity contribution is 5.82. The summed E-state index contributed by atoms with van der Waals surface area (Å²) in [7, 11) is 0. The highest BCUT2D eigenvalue weighted by atomic mass is 16.2. The van der Waals surface area contributed by atoms with Gasteiger partial charge in [0.2, 0.25) is 5.91 Å². The van der Waals surface area contributed by atoms with Crippen LogP contribution >= 0.6 is 0 Å². The fourth-order valence-corrected chi connectivity index (χ4v) is 2.32. The standard InChI is InChI=1S/C15H19N3O/c1-11(13-7-5-12(10-16)6-8-13)18-15(19)14-4-2-3-9-17-14/h5-8,11,14,17H,2-4,9H2,1H3,(H,18,19). The first kappa shape index (κ1) is 13.6. The summed E-state index contributed by atoms with van der Waals surface area (Å²) in [5, 5.41) is 15.0. The van der Waals surface area contributed by atoms with Crippen molar-refractivity contribution in [2.45, 2.75) is 38.3 Å². The molecule has 0 spiro atoms. The van der Waals surface area contributed by atoms with E-state index in [1.165, 1.54) is 0 Å². The van der Waals surface area contributed by atoms with Gasteiger partial charge in [0.25, 0.3) is 0 Å². The summed E-state index contributed by atoms with van der Waals surface area (Å²) >= 11 is 0. The number of nitrogens with zero attached hydrogens (tertiary/aromatic N) is 1. The van der Waals surface area contributed by atoms with E-state index in [4.69, 9.17) is 5.26 Å². The summed E-state index contributed by atoms with van der Waals surface area (Å²) in [4.78, 5) is 12.1. The molecule has 1 aromatic rings. The van der Waals surface area contributed by atoms with Gasteiger partial charge in [-0.25, -0.2) is 0 Å².